The first-order chi connectivity index (χ1) is 9.99. The topological polar surface area (TPSA) is 75.4 Å². The molecule has 120 valence electrons. The van der Waals surface area contributed by atoms with E-state index in [4.69, 9.17) is 5.73 Å². The Balaban J connectivity index is 2.00. The average Bonchev–Trinajstić information content (AvgIpc) is 2.46. The molecule has 21 heavy (non-hydrogen) atoms. The fourth-order valence-corrected chi connectivity index (χ4v) is 3.49. The number of hydrogen-bond donors (Lipinski definition) is 2. The van der Waals surface area contributed by atoms with Crippen LogP contribution in [0.3, 0.4) is 0 Å². The van der Waals surface area contributed by atoms with Gasteiger partial charge in [0.15, 0.2) is 0 Å². The summed E-state index contributed by atoms with van der Waals surface area (Å²) in [5.74, 6) is -0.0571. The first-order valence-electron chi connectivity index (χ1n) is 8.33. The molecule has 0 radical (unpaired) electrons. The van der Waals surface area contributed by atoms with Crippen LogP contribution < -0.4 is 11.1 Å². The predicted molar refractivity (Wildman–Crippen MR) is 82.5 cm³/mol. The third-order valence-corrected chi connectivity index (χ3v) is 4.70. The van der Waals surface area contributed by atoms with Gasteiger partial charge in [-0.25, -0.2) is 0 Å². The second-order valence-corrected chi connectivity index (χ2v) is 6.82. The number of hydrogen-bond acceptors (Lipinski definition) is 3. The molecule has 1 saturated carbocycles. The highest BCUT2D eigenvalue weighted by molar-refractivity contribution is 5.88. The second-order valence-electron chi connectivity index (χ2n) is 6.82. The van der Waals surface area contributed by atoms with Gasteiger partial charge in [0.1, 0.15) is 0 Å². The maximum Gasteiger partial charge on any atom is 0.226 e. The highest BCUT2D eigenvalue weighted by Crippen LogP contribution is 2.32. The summed E-state index contributed by atoms with van der Waals surface area (Å²) in [6, 6.07) is 0.351. The Hall–Kier alpha value is -1.10. The molecule has 2 fully saturated rings. The largest absolute Gasteiger partial charge is 0.354 e. The van der Waals surface area contributed by atoms with Gasteiger partial charge in [0.2, 0.25) is 11.8 Å². The molecule has 2 rings (SSSR count). The molecule has 2 amide bonds. The molecule has 3 N–H and O–H groups in total. The van der Waals surface area contributed by atoms with Crippen molar-refractivity contribution in [2.75, 3.05) is 13.1 Å². The zero-order valence-electron chi connectivity index (χ0n) is 13.3. The average molecular weight is 295 g/mol. The van der Waals surface area contributed by atoms with Crippen LogP contribution in [0.15, 0.2) is 0 Å². The van der Waals surface area contributed by atoms with Gasteiger partial charge in [-0.1, -0.05) is 12.8 Å². The number of likely N-dealkylation sites (tertiary alicyclic amines) is 1. The van der Waals surface area contributed by atoms with Crippen molar-refractivity contribution in [1.29, 1.82) is 0 Å². The lowest BCUT2D eigenvalue weighted by Gasteiger charge is -2.37. The van der Waals surface area contributed by atoms with E-state index < -0.39 is 0 Å². The Bertz CT molecular complexity index is 376. The van der Waals surface area contributed by atoms with Crippen molar-refractivity contribution in [3.05, 3.63) is 0 Å². The summed E-state index contributed by atoms with van der Waals surface area (Å²) in [6.45, 7) is 5.41. The first kappa shape index (κ1) is 16.3. The van der Waals surface area contributed by atoms with E-state index in [-0.39, 0.29) is 35.7 Å². The Labute approximate surface area is 127 Å². The predicted octanol–water partition coefficient (Wildman–Crippen LogP) is 1.27. The van der Waals surface area contributed by atoms with Gasteiger partial charge in [0.05, 0.1) is 0 Å². The molecule has 0 bridgehead atoms. The molecule has 1 aliphatic carbocycles. The number of nitrogens with two attached hydrogens (primary N) is 1. The minimum atomic E-state index is -0.149. The minimum Gasteiger partial charge on any atom is -0.354 e. The SMILES string of the molecule is CC(C)NC(=O)C1CCCCC1C(=O)N1CCC(N)CC1. The maximum absolute atomic E-state index is 12.8. The maximum atomic E-state index is 12.8. The van der Waals surface area contributed by atoms with Crippen molar-refractivity contribution in [2.24, 2.45) is 17.6 Å². The molecule has 5 heteroatoms. The van der Waals surface area contributed by atoms with Gasteiger partial charge in [0, 0.05) is 37.0 Å². The second kappa shape index (κ2) is 7.25. The van der Waals surface area contributed by atoms with Gasteiger partial charge in [-0.05, 0) is 39.5 Å². The van der Waals surface area contributed by atoms with Crippen molar-refractivity contribution in [3.63, 3.8) is 0 Å². The standard InChI is InChI=1S/C16H29N3O2/c1-11(2)18-15(20)13-5-3-4-6-14(13)16(21)19-9-7-12(17)8-10-19/h11-14H,3-10,17H2,1-2H3,(H,18,20). The number of amides is 2. The van der Waals surface area contributed by atoms with Crippen LogP contribution in [0.1, 0.15) is 52.4 Å². The molecule has 0 spiro atoms. The summed E-state index contributed by atoms with van der Waals surface area (Å²) in [4.78, 5) is 27.0. The van der Waals surface area contributed by atoms with Crippen LogP contribution in [-0.4, -0.2) is 41.9 Å². The molecule has 0 aromatic heterocycles. The smallest absolute Gasteiger partial charge is 0.226 e. The van der Waals surface area contributed by atoms with Gasteiger partial charge in [0.25, 0.3) is 0 Å². The van der Waals surface area contributed by atoms with Crippen molar-refractivity contribution in [3.8, 4) is 0 Å². The third-order valence-electron chi connectivity index (χ3n) is 4.70. The summed E-state index contributed by atoms with van der Waals surface area (Å²) in [5, 5.41) is 2.98. The van der Waals surface area contributed by atoms with Crippen LogP contribution in [0.5, 0.6) is 0 Å². The zero-order valence-corrected chi connectivity index (χ0v) is 13.3. The van der Waals surface area contributed by atoms with E-state index >= 15 is 0 Å². The highest BCUT2D eigenvalue weighted by Gasteiger charge is 2.38. The zero-order chi connectivity index (χ0) is 15.4. The van der Waals surface area contributed by atoms with Crippen molar-refractivity contribution < 1.29 is 9.59 Å². The summed E-state index contributed by atoms with van der Waals surface area (Å²) in [6.07, 6.45) is 5.53. The Morgan fingerprint density at radius 2 is 1.62 bits per heavy atom. The van der Waals surface area contributed by atoms with Crippen molar-refractivity contribution in [2.45, 2.75) is 64.5 Å². The summed E-state index contributed by atoms with van der Waals surface area (Å²) < 4.78 is 0. The van der Waals surface area contributed by atoms with Crippen LogP contribution in [0.25, 0.3) is 0 Å². The summed E-state index contributed by atoms with van der Waals surface area (Å²) in [5.41, 5.74) is 5.90. The fourth-order valence-electron chi connectivity index (χ4n) is 3.49. The minimum absolute atomic E-state index is 0.0526. The quantitative estimate of drug-likeness (QED) is 0.823. The summed E-state index contributed by atoms with van der Waals surface area (Å²) in [7, 11) is 0. The molecule has 5 nitrogen and oxygen atoms in total. The van der Waals surface area contributed by atoms with E-state index in [1.54, 1.807) is 0 Å². The monoisotopic (exact) mass is 295 g/mol. The molecule has 0 aromatic rings. The van der Waals surface area contributed by atoms with Gasteiger partial charge < -0.3 is 16.0 Å². The Kier molecular flexibility index (Phi) is 5.62. The molecule has 1 saturated heterocycles. The van der Waals surface area contributed by atoms with Crippen LogP contribution in [0, 0.1) is 11.8 Å². The van der Waals surface area contributed by atoms with E-state index in [2.05, 4.69) is 5.32 Å². The van der Waals surface area contributed by atoms with Crippen molar-refractivity contribution in [1.82, 2.24) is 10.2 Å². The highest BCUT2D eigenvalue weighted by atomic mass is 16.2. The van der Waals surface area contributed by atoms with E-state index in [1.807, 2.05) is 18.7 Å². The van der Waals surface area contributed by atoms with E-state index in [0.29, 0.717) is 0 Å². The molecule has 2 aliphatic rings. The van der Waals surface area contributed by atoms with E-state index in [1.165, 1.54) is 0 Å². The molecule has 1 heterocycles. The number of piperidine rings is 1. The third kappa shape index (κ3) is 4.19. The molecular weight excluding hydrogens is 266 g/mol. The summed E-state index contributed by atoms with van der Waals surface area (Å²) >= 11 is 0. The van der Waals surface area contributed by atoms with Crippen LogP contribution in [0.2, 0.25) is 0 Å². The Morgan fingerprint density at radius 3 is 2.19 bits per heavy atom. The van der Waals surface area contributed by atoms with Crippen LogP contribution in [-0.2, 0) is 9.59 Å². The van der Waals surface area contributed by atoms with Crippen LogP contribution in [0.4, 0.5) is 0 Å². The number of nitrogens with one attached hydrogen (secondary N) is 1. The lowest BCUT2D eigenvalue weighted by Crippen LogP contribution is -2.49. The number of rotatable bonds is 3. The van der Waals surface area contributed by atoms with E-state index in [0.717, 1.165) is 51.6 Å². The normalized spacial score (nSPS) is 27.7. The van der Waals surface area contributed by atoms with Crippen molar-refractivity contribution >= 4 is 11.8 Å². The lowest BCUT2D eigenvalue weighted by atomic mass is 9.77. The Morgan fingerprint density at radius 1 is 1.05 bits per heavy atom. The van der Waals surface area contributed by atoms with Gasteiger partial charge in [-0.3, -0.25) is 9.59 Å². The number of carbonyl (C=O) groups excluding carboxylic acids is 2. The van der Waals surface area contributed by atoms with Gasteiger partial charge in [-0.2, -0.15) is 0 Å². The molecular formula is C16H29N3O2. The van der Waals surface area contributed by atoms with Crippen LogP contribution >= 0.6 is 0 Å². The van der Waals surface area contributed by atoms with Gasteiger partial charge in [-0.15, -0.1) is 0 Å². The fraction of sp³-hybridized carbons (Fsp3) is 0.875. The van der Waals surface area contributed by atoms with Gasteiger partial charge >= 0.3 is 0 Å². The molecule has 1 aliphatic heterocycles. The first-order valence-corrected chi connectivity index (χ1v) is 8.33. The lowest BCUT2D eigenvalue weighted by molar-refractivity contribution is -0.144. The number of carbonyl (C=O) groups is 2. The molecule has 0 aromatic carbocycles. The molecule has 2 unspecified atom stereocenters. The van der Waals surface area contributed by atoms with E-state index in [9.17, 15) is 9.59 Å². The number of nitrogens with zero attached hydrogens (tertiary/aromatic N) is 1. The molecule has 2 atom stereocenters.